The van der Waals surface area contributed by atoms with Crippen LogP contribution in [0.3, 0.4) is 0 Å². The van der Waals surface area contributed by atoms with E-state index in [1.807, 2.05) is 0 Å². The van der Waals surface area contributed by atoms with E-state index in [2.05, 4.69) is 39.8 Å². The summed E-state index contributed by atoms with van der Waals surface area (Å²) in [6, 6.07) is 0.633. The molecule has 2 unspecified atom stereocenters. The predicted molar refractivity (Wildman–Crippen MR) is 57.8 cm³/mol. The second-order valence-electron chi connectivity index (χ2n) is 6.17. The van der Waals surface area contributed by atoms with Crippen LogP contribution in [0, 0.1) is 11.3 Å². The van der Waals surface area contributed by atoms with Gasteiger partial charge in [-0.05, 0) is 32.1 Å². The van der Waals surface area contributed by atoms with Crippen LogP contribution in [0.25, 0.3) is 0 Å². The first-order chi connectivity index (χ1) is 6.34. The minimum absolute atomic E-state index is 0.0172. The number of hydrogen-bond donors (Lipinski definition) is 0. The zero-order valence-electron chi connectivity index (χ0n) is 10.1. The van der Waals surface area contributed by atoms with Gasteiger partial charge >= 0.3 is 0 Å². The van der Waals surface area contributed by atoms with Crippen molar-refractivity contribution in [1.82, 2.24) is 5.06 Å². The van der Waals surface area contributed by atoms with Crippen molar-refractivity contribution in [3.8, 4) is 0 Å². The fraction of sp³-hybridized carbons (Fsp3) is 1.00. The molecule has 0 spiro atoms. The van der Waals surface area contributed by atoms with E-state index < -0.39 is 0 Å². The van der Waals surface area contributed by atoms with E-state index in [-0.39, 0.29) is 5.60 Å². The van der Waals surface area contributed by atoms with Crippen molar-refractivity contribution in [3.05, 3.63) is 0 Å². The number of rotatable bonds is 0. The maximum Gasteiger partial charge on any atom is 0.0892 e. The Hall–Kier alpha value is -0.0800. The van der Waals surface area contributed by atoms with Crippen LogP contribution in [0.2, 0.25) is 0 Å². The first-order valence-corrected chi connectivity index (χ1v) is 5.76. The van der Waals surface area contributed by atoms with Gasteiger partial charge < -0.3 is 0 Å². The summed E-state index contributed by atoms with van der Waals surface area (Å²) >= 11 is 0. The summed E-state index contributed by atoms with van der Waals surface area (Å²) in [4.78, 5) is 5.96. The summed E-state index contributed by atoms with van der Waals surface area (Å²) in [5.41, 5.74) is 0.445. The van der Waals surface area contributed by atoms with Crippen molar-refractivity contribution in [2.24, 2.45) is 11.3 Å². The van der Waals surface area contributed by atoms with E-state index >= 15 is 0 Å². The molecule has 0 amide bonds. The summed E-state index contributed by atoms with van der Waals surface area (Å²) in [5, 5.41) is 2.10. The van der Waals surface area contributed by atoms with Gasteiger partial charge in [-0.2, -0.15) is 5.06 Å². The quantitative estimate of drug-likeness (QED) is 0.592. The Kier molecular flexibility index (Phi) is 2.20. The largest absolute Gasteiger partial charge is 0.293 e. The fourth-order valence-corrected chi connectivity index (χ4v) is 3.90. The van der Waals surface area contributed by atoms with Gasteiger partial charge in [0.2, 0.25) is 0 Å². The summed E-state index contributed by atoms with van der Waals surface area (Å²) in [7, 11) is 2.09. The maximum atomic E-state index is 5.96. The molecular formula is C12H23NO. The van der Waals surface area contributed by atoms with Crippen LogP contribution in [-0.4, -0.2) is 23.8 Å². The van der Waals surface area contributed by atoms with Gasteiger partial charge in [-0.25, -0.2) is 0 Å². The Bertz CT molecular complexity index is 226. The molecule has 2 aliphatic rings. The zero-order chi connectivity index (χ0) is 10.6. The van der Waals surface area contributed by atoms with E-state index in [4.69, 9.17) is 4.84 Å². The first kappa shape index (κ1) is 10.4. The van der Waals surface area contributed by atoms with E-state index in [1.54, 1.807) is 0 Å². The van der Waals surface area contributed by atoms with Crippen molar-refractivity contribution in [1.29, 1.82) is 0 Å². The summed E-state index contributed by atoms with van der Waals surface area (Å²) in [6.07, 6.45) is 3.99. The number of nitrogens with zero attached hydrogens (tertiary/aromatic N) is 1. The third-order valence-corrected chi connectivity index (χ3v) is 4.14. The van der Waals surface area contributed by atoms with Gasteiger partial charge in [0.1, 0.15) is 0 Å². The molecule has 1 aliphatic heterocycles. The molecule has 2 rings (SSSR count). The normalized spacial score (nSPS) is 40.9. The molecule has 14 heavy (non-hydrogen) atoms. The molecule has 2 atom stereocenters. The molecule has 2 fully saturated rings. The van der Waals surface area contributed by atoms with Crippen molar-refractivity contribution >= 4 is 0 Å². The third kappa shape index (κ3) is 1.40. The second kappa shape index (κ2) is 2.96. The van der Waals surface area contributed by atoms with Gasteiger partial charge in [-0.3, -0.25) is 4.84 Å². The fourth-order valence-electron chi connectivity index (χ4n) is 3.90. The molecule has 82 valence electrons. The minimum Gasteiger partial charge on any atom is -0.293 e. The lowest BCUT2D eigenvalue weighted by Gasteiger charge is -2.44. The highest BCUT2D eigenvalue weighted by molar-refractivity contribution is 5.02. The molecule has 0 N–H and O–H groups in total. The van der Waals surface area contributed by atoms with Crippen LogP contribution >= 0.6 is 0 Å². The SMILES string of the molecule is CN1OC(C)(C)C2C1CCCC2(C)C. The Balaban J connectivity index is 2.31. The van der Waals surface area contributed by atoms with Crippen LogP contribution in [0.1, 0.15) is 47.0 Å². The maximum absolute atomic E-state index is 5.96. The van der Waals surface area contributed by atoms with Crippen molar-refractivity contribution in [3.63, 3.8) is 0 Å². The average Bonchev–Trinajstić information content (AvgIpc) is 2.22. The van der Waals surface area contributed by atoms with Gasteiger partial charge in [0.25, 0.3) is 0 Å². The lowest BCUT2D eigenvalue weighted by atomic mass is 9.61. The monoisotopic (exact) mass is 197 g/mol. The topological polar surface area (TPSA) is 12.5 Å². The first-order valence-electron chi connectivity index (χ1n) is 5.76. The molecule has 1 aliphatic carbocycles. The van der Waals surface area contributed by atoms with Crippen molar-refractivity contribution in [2.45, 2.75) is 58.6 Å². The van der Waals surface area contributed by atoms with Crippen molar-refractivity contribution < 1.29 is 4.84 Å². The average molecular weight is 197 g/mol. The van der Waals surface area contributed by atoms with Gasteiger partial charge in [0.05, 0.1) is 5.60 Å². The smallest absolute Gasteiger partial charge is 0.0892 e. The van der Waals surface area contributed by atoms with Crippen LogP contribution in [-0.2, 0) is 4.84 Å². The number of hydroxylamine groups is 2. The molecule has 0 radical (unpaired) electrons. The highest BCUT2D eigenvalue weighted by Gasteiger charge is 2.55. The highest BCUT2D eigenvalue weighted by atomic mass is 16.7. The second-order valence-corrected chi connectivity index (χ2v) is 6.17. The molecule has 2 heteroatoms. The Morgan fingerprint density at radius 3 is 2.43 bits per heavy atom. The van der Waals surface area contributed by atoms with E-state index in [1.165, 1.54) is 19.3 Å². The lowest BCUT2D eigenvalue weighted by molar-refractivity contribution is -0.180. The van der Waals surface area contributed by atoms with Crippen LogP contribution in [0.5, 0.6) is 0 Å². The summed E-state index contributed by atoms with van der Waals surface area (Å²) < 4.78 is 0. The van der Waals surface area contributed by atoms with Gasteiger partial charge in [-0.15, -0.1) is 0 Å². The van der Waals surface area contributed by atoms with Gasteiger partial charge in [0.15, 0.2) is 0 Å². The number of hydrogen-bond acceptors (Lipinski definition) is 2. The standard InChI is InChI=1S/C12H23NO/c1-11(2)8-6-7-9-10(11)12(3,4)14-13(9)5/h9-10H,6-8H2,1-5H3. The van der Waals surface area contributed by atoms with E-state index in [9.17, 15) is 0 Å². The minimum atomic E-state index is 0.0172. The highest BCUT2D eigenvalue weighted by Crippen LogP contribution is 2.52. The zero-order valence-corrected chi connectivity index (χ0v) is 10.1. The molecule has 0 bridgehead atoms. The van der Waals surface area contributed by atoms with Gasteiger partial charge in [0, 0.05) is 19.0 Å². The molecule has 1 saturated carbocycles. The molecule has 1 saturated heterocycles. The Morgan fingerprint density at radius 2 is 1.86 bits per heavy atom. The summed E-state index contributed by atoms with van der Waals surface area (Å²) in [6.45, 7) is 9.27. The third-order valence-electron chi connectivity index (χ3n) is 4.14. The number of fused-ring (bicyclic) bond motifs is 1. The molecule has 0 aromatic heterocycles. The van der Waals surface area contributed by atoms with Crippen LogP contribution in [0.4, 0.5) is 0 Å². The Labute approximate surface area is 87.6 Å². The van der Waals surface area contributed by atoms with E-state index in [0.29, 0.717) is 17.4 Å². The molecular weight excluding hydrogens is 174 g/mol. The summed E-state index contributed by atoms with van der Waals surface area (Å²) in [5.74, 6) is 0.675. The van der Waals surface area contributed by atoms with E-state index in [0.717, 1.165) is 0 Å². The van der Waals surface area contributed by atoms with Crippen molar-refractivity contribution in [2.75, 3.05) is 7.05 Å². The van der Waals surface area contributed by atoms with Crippen LogP contribution < -0.4 is 0 Å². The lowest BCUT2D eigenvalue weighted by Crippen LogP contribution is -2.46. The molecule has 1 heterocycles. The molecule has 0 aromatic rings. The molecule has 0 aromatic carbocycles. The molecule has 2 nitrogen and oxygen atoms in total. The predicted octanol–water partition coefficient (Wildman–Crippen LogP) is 2.84. The van der Waals surface area contributed by atoms with Crippen LogP contribution in [0.15, 0.2) is 0 Å². The van der Waals surface area contributed by atoms with Gasteiger partial charge in [-0.1, -0.05) is 20.3 Å². The Morgan fingerprint density at radius 1 is 1.21 bits per heavy atom.